The summed E-state index contributed by atoms with van der Waals surface area (Å²) in [5, 5.41) is 0.324. The normalized spacial score (nSPS) is 10.8. The number of nitrogens with one attached hydrogen (secondary N) is 1. The molecular formula is C18H14ClN3O2S. The van der Waals surface area contributed by atoms with E-state index < -0.39 is 10.0 Å². The van der Waals surface area contributed by atoms with Crippen LogP contribution in [-0.2, 0) is 17.1 Å². The molecule has 0 bridgehead atoms. The summed E-state index contributed by atoms with van der Waals surface area (Å²) in [6.07, 6.45) is 3.25. The van der Waals surface area contributed by atoms with Crippen LogP contribution in [0, 0.1) is 11.8 Å². The Labute approximate surface area is 151 Å². The molecule has 1 heterocycles. The van der Waals surface area contributed by atoms with Crippen molar-refractivity contribution in [3.05, 3.63) is 77.3 Å². The van der Waals surface area contributed by atoms with Gasteiger partial charge in [-0.15, -0.1) is 0 Å². The van der Waals surface area contributed by atoms with Crippen LogP contribution < -0.4 is 4.72 Å². The first kappa shape index (κ1) is 17.1. The van der Waals surface area contributed by atoms with Gasteiger partial charge in [-0.2, -0.15) is 0 Å². The standard InChI is InChI=1S/C18H14ClN3O2S/c1-22-13-20-12-15(22)11-10-14-6-2-5-9-18(14)25(23,24)21-17-8-4-3-7-16(17)19/h2-9,12-13,21H,1H3. The van der Waals surface area contributed by atoms with Crippen molar-refractivity contribution in [2.45, 2.75) is 4.90 Å². The summed E-state index contributed by atoms with van der Waals surface area (Å²) in [5.74, 6) is 5.83. The summed E-state index contributed by atoms with van der Waals surface area (Å²) in [6.45, 7) is 0. The molecular weight excluding hydrogens is 358 g/mol. The maximum atomic E-state index is 12.7. The van der Waals surface area contributed by atoms with E-state index in [2.05, 4.69) is 21.5 Å². The third-order valence-electron chi connectivity index (χ3n) is 3.44. The molecule has 5 nitrogen and oxygen atoms in total. The Morgan fingerprint density at radius 1 is 1.08 bits per heavy atom. The summed E-state index contributed by atoms with van der Waals surface area (Å²) in [4.78, 5) is 4.07. The molecule has 0 spiro atoms. The van der Waals surface area contributed by atoms with Crippen molar-refractivity contribution < 1.29 is 8.42 Å². The number of benzene rings is 2. The number of hydrogen-bond acceptors (Lipinski definition) is 3. The Bertz CT molecular complexity index is 1080. The first-order valence-electron chi connectivity index (χ1n) is 7.32. The Balaban J connectivity index is 1.99. The summed E-state index contributed by atoms with van der Waals surface area (Å²) in [5.41, 5.74) is 1.40. The van der Waals surface area contributed by atoms with Gasteiger partial charge < -0.3 is 4.57 Å². The molecule has 0 atom stereocenters. The van der Waals surface area contributed by atoms with Crippen LogP contribution >= 0.6 is 11.6 Å². The van der Waals surface area contributed by atoms with Crippen LogP contribution in [0.5, 0.6) is 0 Å². The Kier molecular flexibility index (Phi) is 4.79. The summed E-state index contributed by atoms with van der Waals surface area (Å²) in [7, 11) is -2.01. The predicted molar refractivity (Wildman–Crippen MR) is 97.9 cm³/mol. The maximum absolute atomic E-state index is 12.7. The van der Waals surface area contributed by atoms with Gasteiger partial charge in [0.05, 0.1) is 23.2 Å². The SMILES string of the molecule is Cn1cncc1C#Cc1ccccc1S(=O)(=O)Nc1ccccc1Cl. The van der Waals surface area contributed by atoms with Gasteiger partial charge in [0.2, 0.25) is 0 Å². The lowest BCUT2D eigenvalue weighted by Crippen LogP contribution is -2.14. The van der Waals surface area contributed by atoms with E-state index in [1.165, 1.54) is 6.07 Å². The first-order valence-corrected chi connectivity index (χ1v) is 9.18. The molecule has 1 N–H and O–H groups in total. The van der Waals surface area contributed by atoms with Gasteiger partial charge >= 0.3 is 0 Å². The number of imidazole rings is 1. The fraction of sp³-hybridized carbons (Fsp3) is 0.0556. The van der Waals surface area contributed by atoms with Gasteiger partial charge in [-0.1, -0.05) is 41.8 Å². The van der Waals surface area contributed by atoms with Crippen LogP contribution in [0.4, 0.5) is 5.69 Å². The molecule has 0 saturated carbocycles. The fourth-order valence-electron chi connectivity index (χ4n) is 2.16. The molecule has 25 heavy (non-hydrogen) atoms. The molecule has 0 fully saturated rings. The lowest BCUT2D eigenvalue weighted by atomic mass is 10.2. The number of aromatic nitrogens is 2. The van der Waals surface area contributed by atoms with E-state index in [1.54, 1.807) is 59.6 Å². The van der Waals surface area contributed by atoms with Crippen LogP contribution in [-0.4, -0.2) is 18.0 Å². The lowest BCUT2D eigenvalue weighted by Gasteiger charge is -2.10. The van der Waals surface area contributed by atoms with Crippen molar-refractivity contribution >= 4 is 27.3 Å². The minimum absolute atomic E-state index is 0.0876. The number of aryl methyl sites for hydroxylation is 1. The van der Waals surface area contributed by atoms with E-state index in [1.807, 2.05) is 7.05 Å². The number of halogens is 1. The average Bonchev–Trinajstić information content (AvgIpc) is 3.00. The van der Waals surface area contributed by atoms with Gasteiger partial charge in [0.15, 0.2) is 0 Å². The van der Waals surface area contributed by atoms with Crippen LogP contribution in [0.15, 0.2) is 66.0 Å². The van der Waals surface area contributed by atoms with E-state index in [0.717, 1.165) is 0 Å². The first-order chi connectivity index (χ1) is 12.0. The second-order valence-electron chi connectivity index (χ2n) is 5.22. The summed E-state index contributed by atoms with van der Waals surface area (Å²) < 4.78 is 29.8. The number of hydrogen-bond donors (Lipinski definition) is 1. The van der Waals surface area contributed by atoms with Crippen molar-refractivity contribution in [2.75, 3.05) is 4.72 Å². The molecule has 0 radical (unpaired) electrons. The second-order valence-corrected chi connectivity index (χ2v) is 7.28. The predicted octanol–water partition coefficient (Wildman–Crippen LogP) is 3.27. The Morgan fingerprint density at radius 3 is 2.52 bits per heavy atom. The molecule has 0 aliphatic carbocycles. The van der Waals surface area contributed by atoms with Crippen LogP contribution in [0.1, 0.15) is 11.3 Å². The quantitative estimate of drug-likeness (QED) is 0.718. The minimum Gasteiger partial charge on any atom is -0.327 e. The van der Waals surface area contributed by atoms with Crippen molar-refractivity contribution in [1.29, 1.82) is 0 Å². The topological polar surface area (TPSA) is 64.0 Å². The number of anilines is 1. The third kappa shape index (κ3) is 3.85. The molecule has 126 valence electrons. The van der Waals surface area contributed by atoms with Gasteiger partial charge in [-0.25, -0.2) is 13.4 Å². The molecule has 0 aliphatic heterocycles. The molecule has 3 rings (SSSR count). The third-order valence-corrected chi connectivity index (χ3v) is 5.19. The number of nitrogens with zero attached hydrogens (tertiary/aromatic N) is 2. The minimum atomic E-state index is -3.83. The highest BCUT2D eigenvalue weighted by molar-refractivity contribution is 7.92. The number of sulfonamides is 1. The molecule has 2 aromatic carbocycles. The van der Waals surface area contributed by atoms with Crippen molar-refractivity contribution in [3.8, 4) is 11.8 Å². The molecule has 0 aliphatic rings. The van der Waals surface area contributed by atoms with Crippen LogP contribution in [0.3, 0.4) is 0 Å². The number of para-hydroxylation sites is 1. The molecule has 0 unspecified atom stereocenters. The molecule has 7 heteroatoms. The van der Waals surface area contributed by atoms with E-state index in [4.69, 9.17) is 11.6 Å². The zero-order chi connectivity index (χ0) is 17.9. The smallest absolute Gasteiger partial charge is 0.263 e. The zero-order valence-corrected chi connectivity index (χ0v) is 14.8. The van der Waals surface area contributed by atoms with Gasteiger partial charge in [-0.05, 0) is 30.2 Å². The number of rotatable bonds is 3. The highest BCUT2D eigenvalue weighted by Crippen LogP contribution is 2.25. The lowest BCUT2D eigenvalue weighted by molar-refractivity contribution is 0.601. The van der Waals surface area contributed by atoms with Crippen molar-refractivity contribution in [1.82, 2.24) is 9.55 Å². The zero-order valence-electron chi connectivity index (χ0n) is 13.3. The van der Waals surface area contributed by atoms with Gasteiger partial charge in [0.1, 0.15) is 10.6 Å². The Hall–Kier alpha value is -2.75. The van der Waals surface area contributed by atoms with E-state index >= 15 is 0 Å². The van der Waals surface area contributed by atoms with E-state index in [9.17, 15) is 8.42 Å². The molecule has 0 amide bonds. The van der Waals surface area contributed by atoms with Gasteiger partial charge in [0.25, 0.3) is 10.0 Å². The van der Waals surface area contributed by atoms with Crippen molar-refractivity contribution in [3.63, 3.8) is 0 Å². The average molecular weight is 372 g/mol. The summed E-state index contributed by atoms with van der Waals surface area (Å²) in [6, 6.07) is 13.2. The van der Waals surface area contributed by atoms with Crippen LogP contribution in [0.25, 0.3) is 0 Å². The van der Waals surface area contributed by atoms with Gasteiger partial charge in [0, 0.05) is 12.6 Å². The molecule has 3 aromatic rings. The Morgan fingerprint density at radius 2 is 1.80 bits per heavy atom. The monoisotopic (exact) mass is 371 g/mol. The molecule has 0 saturated heterocycles. The largest absolute Gasteiger partial charge is 0.327 e. The molecule has 1 aromatic heterocycles. The fourth-order valence-corrected chi connectivity index (χ4v) is 3.64. The summed E-state index contributed by atoms with van der Waals surface area (Å²) >= 11 is 6.04. The van der Waals surface area contributed by atoms with Gasteiger partial charge in [-0.3, -0.25) is 4.72 Å². The highest BCUT2D eigenvalue weighted by atomic mass is 35.5. The van der Waals surface area contributed by atoms with Crippen LogP contribution in [0.2, 0.25) is 5.02 Å². The second kappa shape index (κ2) is 7.01. The highest BCUT2D eigenvalue weighted by Gasteiger charge is 2.18. The van der Waals surface area contributed by atoms with E-state index in [-0.39, 0.29) is 4.90 Å². The van der Waals surface area contributed by atoms with Crippen molar-refractivity contribution in [2.24, 2.45) is 7.05 Å². The van der Waals surface area contributed by atoms with E-state index in [0.29, 0.717) is 22.0 Å². The maximum Gasteiger partial charge on any atom is 0.263 e.